The van der Waals surface area contributed by atoms with E-state index < -0.39 is 11.2 Å². The highest BCUT2D eigenvalue weighted by Gasteiger charge is 2.19. The molecule has 0 unspecified atom stereocenters. The third-order valence-corrected chi connectivity index (χ3v) is 4.58. The highest BCUT2D eigenvalue weighted by Crippen LogP contribution is 2.18. The fourth-order valence-corrected chi connectivity index (χ4v) is 3.06. The van der Waals surface area contributed by atoms with Crippen LogP contribution < -0.4 is 16.7 Å². The van der Waals surface area contributed by atoms with Gasteiger partial charge < -0.3 is 0 Å². The van der Waals surface area contributed by atoms with Gasteiger partial charge in [0, 0.05) is 20.3 Å². The van der Waals surface area contributed by atoms with Gasteiger partial charge in [-0.15, -0.1) is 0 Å². The Bertz CT molecular complexity index is 1300. The van der Waals surface area contributed by atoms with Crippen LogP contribution in [0.15, 0.2) is 69.4 Å². The van der Waals surface area contributed by atoms with Crippen molar-refractivity contribution < 1.29 is 0 Å². The second kappa shape index (κ2) is 7.55. The molecule has 0 fully saturated rings. The Hall–Kier alpha value is -4.01. The van der Waals surface area contributed by atoms with E-state index in [1.165, 1.54) is 11.6 Å². The van der Waals surface area contributed by atoms with E-state index in [-0.39, 0.29) is 0 Å². The summed E-state index contributed by atoms with van der Waals surface area (Å²) in [5.41, 5.74) is 4.32. The fraction of sp³-hybridized carbons (Fsp3) is 0.150. The molecule has 3 aromatic heterocycles. The molecule has 0 aliphatic rings. The van der Waals surface area contributed by atoms with Crippen LogP contribution in [0.4, 0.5) is 5.95 Å². The number of hydrogen-bond donors (Lipinski definition) is 1. The van der Waals surface area contributed by atoms with Gasteiger partial charge in [-0.05, 0) is 17.7 Å². The number of nitrogens with one attached hydrogen (secondary N) is 1. The lowest BCUT2D eigenvalue weighted by molar-refractivity contribution is 0.702. The SMILES string of the molecule is Cn1c(=O)c2c(nc(N/N=C\c3ccccn3)n2Cc2ccccc2)n(C)c1=O. The monoisotopic (exact) mass is 389 g/mol. The van der Waals surface area contributed by atoms with E-state index in [1.807, 2.05) is 48.5 Å². The van der Waals surface area contributed by atoms with Crippen LogP contribution >= 0.6 is 0 Å². The minimum Gasteiger partial charge on any atom is -0.298 e. The predicted octanol–water partition coefficient (Wildman–Crippen LogP) is 1.32. The molecule has 0 saturated carbocycles. The van der Waals surface area contributed by atoms with Gasteiger partial charge in [0.1, 0.15) is 0 Å². The van der Waals surface area contributed by atoms with Gasteiger partial charge in [0.25, 0.3) is 5.56 Å². The second-order valence-corrected chi connectivity index (χ2v) is 6.51. The number of fused-ring (bicyclic) bond motifs is 1. The Kier molecular flexibility index (Phi) is 4.78. The number of hydrogen-bond acceptors (Lipinski definition) is 6. The number of aryl methyl sites for hydroxylation is 1. The van der Waals surface area contributed by atoms with Gasteiger partial charge in [0.05, 0.1) is 18.5 Å². The predicted molar refractivity (Wildman–Crippen MR) is 111 cm³/mol. The summed E-state index contributed by atoms with van der Waals surface area (Å²) in [6.45, 7) is 0.395. The minimum atomic E-state index is -0.435. The number of aromatic nitrogens is 5. The number of pyridine rings is 1. The van der Waals surface area contributed by atoms with Gasteiger partial charge in [0.2, 0.25) is 5.95 Å². The Morgan fingerprint density at radius 1 is 1.03 bits per heavy atom. The molecule has 0 atom stereocenters. The number of imidazole rings is 1. The number of anilines is 1. The van der Waals surface area contributed by atoms with E-state index in [9.17, 15) is 9.59 Å². The Balaban J connectivity index is 1.84. The van der Waals surface area contributed by atoms with E-state index in [0.717, 1.165) is 10.1 Å². The lowest BCUT2D eigenvalue weighted by Crippen LogP contribution is -2.37. The number of nitrogens with zero attached hydrogens (tertiary/aromatic N) is 6. The van der Waals surface area contributed by atoms with Gasteiger partial charge in [-0.3, -0.25) is 23.5 Å². The van der Waals surface area contributed by atoms with Crippen molar-refractivity contribution in [1.29, 1.82) is 0 Å². The first-order valence-electron chi connectivity index (χ1n) is 8.96. The van der Waals surface area contributed by atoms with Crippen molar-refractivity contribution in [3.05, 3.63) is 86.8 Å². The molecule has 3 heterocycles. The van der Waals surface area contributed by atoms with E-state index in [2.05, 4.69) is 20.5 Å². The first kappa shape index (κ1) is 18.4. The molecule has 0 bridgehead atoms. The highest BCUT2D eigenvalue weighted by atomic mass is 16.2. The highest BCUT2D eigenvalue weighted by molar-refractivity contribution is 5.78. The zero-order valence-electron chi connectivity index (χ0n) is 16.0. The average Bonchev–Trinajstić information content (AvgIpc) is 3.10. The quantitative estimate of drug-likeness (QED) is 0.410. The maximum absolute atomic E-state index is 12.8. The van der Waals surface area contributed by atoms with Crippen LogP contribution in [0.2, 0.25) is 0 Å². The Morgan fingerprint density at radius 2 is 1.79 bits per heavy atom. The van der Waals surface area contributed by atoms with Crippen molar-refractivity contribution in [2.45, 2.75) is 6.54 Å². The summed E-state index contributed by atoms with van der Waals surface area (Å²) in [7, 11) is 3.04. The molecular formula is C20H19N7O2. The summed E-state index contributed by atoms with van der Waals surface area (Å²) in [5, 5.41) is 4.20. The van der Waals surface area contributed by atoms with Crippen molar-refractivity contribution in [1.82, 2.24) is 23.7 Å². The summed E-state index contributed by atoms with van der Waals surface area (Å²) in [6.07, 6.45) is 3.23. The standard InChI is InChI=1S/C20H19N7O2/c1-25-17-16(18(28)26(2)20(25)29)27(13-14-8-4-3-5-9-14)19(23-17)24-22-12-15-10-6-7-11-21-15/h3-12H,13H2,1-2H3,(H,23,24)/b22-12-. The van der Waals surface area contributed by atoms with Crippen molar-refractivity contribution in [2.75, 3.05) is 5.43 Å². The second-order valence-electron chi connectivity index (χ2n) is 6.51. The van der Waals surface area contributed by atoms with Crippen LogP contribution in [0.1, 0.15) is 11.3 Å². The Morgan fingerprint density at radius 3 is 2.52 bits per heavy atom. The molecule has 146 valence electrons. The molecule has 0 spiro atoms. The smallest absolute Gasteiger partial charge is 0.298 e. The molecule has 1 aromatic carbocycles. The van der Waals surface area contributed by atoms with Crippen LogP contribution in [-0.2, 0) is 20.6 Å². The molecule has 1 N–H and O–H groups in total. The molecule has 0 aliphatic carbocycles. The van der Waals surface area contributed by atoms with Crippen molar-refractivity contribution in [2.24, 2.45) is 19.2 Å². The summed E-state index contributed by atoms with van der Waals surface area (Å²) >= 11 is 0. The number of benzene rings is 1. The molecule has 0 radical (unpaired) electrons. The Labute approximate surface area is 165 Å². The molecule has 4 rings (SSSR count). The molecular weight excluding hydrogens is 370 g/mol. The zero-order chi connectivity index (χ0) is 20.4. The van der Waals surface area contributed by atoms with Crippen LogP contribution in [0, 0.1) is 0 Å². The molecule has 0 saturated heterocycles. The van der Waals surface area contributed by atoms with Crippen molar-refractivity contribution in [3.8, 4) is 0 Å². The van der Waals surface area contributed by atoms with Crippen LogP contribution in [0.3, 0.4) is 0 Å². The molecule has 9 nitrogen and oxygen atoms in total. The third kappa shape index (κ3) is 3.45. The van der Waals surface area contributed by atoms with E-state index >= 15 is 0 Å². The van der Waals surface area contributed by atoms with Crippen LogP contribution in [-0.4, -0.2) is 29.9 Å². The van der Waals surface area contributed by atoms with Gasteiger partial charge in [-0.2, -0.15) is 10.1 Å². The lowest BCUT2D eigenvalue weighted by atomic mass is 10.2. The van der Waals surface area contributed by atoms with Crippen LogP contribution in [0.5, 0.6) is 0 Å². The first-order valence-corrected chi connectivity index (χ1v) is 8.96. The molecule has 0 aliphatic heterocycles. The zero-order valence-corrected chi connectivity index (χ0v) is 16.0. The van der Waals surface area contributed by atoms with E-state index in [1.54, 1.807) is 24.0 Å². The van der Waals surface area contributed by atoms with E-state index in [4.69, 9.17) is 0 Å². The number of rotatable bonds is 5. The maximum Gasteiger partial charge on any atom is 0.332 e. The lowest BCUT2D eigenvalue weighted by Gasteiger charge is -2.09. The summed E-state index contributed by atoms with van der Waals surface area (Å²) < 4.78 is 4.15. The summed E-state index contributed by atoms with van der Waals surface area (Å²) in [5.74, 6) is 0.356. The molecule has 9 heteroatoms. The molecule has 0 amide bonds. The van der Waals surface area contributed by atoms with Crippen molar-refractivity contribution >= 4 is 23.3 Å². The first-order chi connectivity index (χ1) is 14.1. The maximum atomic E-state index is 12.8. The topological polar surface area (TPSA) is 99.1 Å². The van der Waals surface area contributed by atoms with Gasteiger partial charge in [-0.1, -0.05) is 36.4 Å². The number of hydrazone groups is 1. The van der Waals surface area contributed by atoms with Gasteiger partial charge in [-0.25, -0.2) is 10.2 Å². The normalized spacial score (nSPS) is 11.4. The summed E-state index contributed by atoms with van der Waals surface area (Å²) in [6, 6.07) is 15.2. The van der Waals surface area contributed by atoms with Crippen LogP contribution in [0.25, 0.3) is 11.2 Å². The largest absolute Gasteiger partial charge is 0.332 e. The van der Waals surface area contributed by atoms with E-state index in [0.29, 0.717) is 29.4 Å². The van der Waals surface area contributed by atoms with Gasteiger partial charge in [0.15, 0.2) is 11.2 Å². The third-order valence-electron chi connectivity index (χ3n) is 4.58. The van der Waals surface area contributed by atoms with Gasteiger partial charge >= 0.3 is 5.69 Å². The average molecular weight is 389 g/mol. The van der Waals surface area contributed by atoms with Crippen molar-refractivity contribution in [3.63, 3.8) is 0 Å². The summed E-state index contributed by atoms with van der Waals surface area (Å²) in [4.78, 5) is 33.8. The minimum absolute atomic E-state index is 0.296. The molecule has 29 heavy (non-hydrogen) atoms. The fourth-order valence-electron chi connectivity index (χ4n) is 3.06. The molecule has 4 aromatic rings.